The fourth-order valence-electron chi connectivity index (χ4n) is 2.02. The molecule has 3 heterocycles. The molecular formula is C12H15N7O. The van der Waals surface area contributed by atoms with Crippen molar-refractivity contribution in [2.75, 3.05) is 11.9 Å². The van der Waals surface area contributed by atoms with Crippen LogP contribution in [0.5, 0.6) is 0 Å². The summed E-state index contributed by atoms with van der Waals surface area (Å²) in [6.07, 6.45) is 3.76. The van der Waals surface area contributed by atoms with E-state index in [1.165, 1.54) is 10.1 Å². The highest BCUT2D eigenvalue weighted by Crippen LogP contribution is 2.07. The number of hydrogen-bond donors (Lipinski definition) is 3. The van der Waals surface area contributed by atoms with Crippen molar-refractivity contribution in [3.05, 3.63) is 40.1 Å². The molecule has 3 aromatic rings. The summed E-state index contributed by atoms with van der Waals surface area (Å²) in [5.41, 5.74) is 2.50. The number of fused-ring (bicyclic) bond motifs is 1. The van der Waals surface area contributed by atoms with Gasteiger partial charge in [-0.05, 0) is 37.5 Å². The minimum Gasteiger partial charge on any atom is -0.369 e. The van der Waals surface area contributed by atoms with E-state index in [0.717, 1.165) is 25.1 Å². The minimum absolute atomic E-state index is 0.335. The number of nitrogens with one attached hydrogen (secondary N) is 3. The Labute approximate surface area is 114 Å². The maximum Gasteiger partial charge on any atom is 0.364 e. The third-order valence-corrected chi connectivity index (χ3v) is 3.14. The molecule has 0 radical (unpaired) electrons. The van der Waals surface area contributed by atoms with Crippen LogP contribution in [-0.2, 0) is 6.42 Å². The van der Waals surface area contributed by atoms with E-state index in [-0.39, 0.29) is 5.69 Å². The third kappa shape index (κ3) is 2.40. The number of aromatic amines is 2. The molecular weight excluding hydrogens is 258 g/mol. The molecule has 0 bridgehead atoms. The molecule has 0 unspecified atom stereocenters. The average molecular weight is 273 g/mol. The smallest absolute Gasteiger partial charge is 0.364 e. The van der Waals surface area contributed by atoms with Crippen LogP contribution in [0.3, 0.4) is 0 Å². The van der Waals surface area contributed by atoms with Crippen molar-refractivity contribution in [3.8, 4) is 0 Å². The van der Waals surface area contributed by atoms with Crippen molar-refractivity contribution in [2.24, 2.45) is 0 Å². The van der Waals surface area contributed by atoms with E-state index < -0.39 is 0 Å². The van der Waals surface area contributed by atoms with Crippen LogP contribution in [0, 0.1) is 6.92 Å². The molecule has 0 saturated heterocycles. The number of rotatable bonds is 5. The molecule has 8 heteroatoms. The highest BCUT2D eigenvalue weighted by Gasteiger charge is 2.03. The number of hydrogen-bond acceptors (Lipinski definition) is 5. The maximum absolute atomic E-state index is 11.4. The van der Waals surface area contributed by atoms with Gasteiger partial charge in [-0.25, -0.2) is 9.89 Å². The van der Waals surface area contributed by atoms with Crippen LogP contribution in [0.4, 0.5) is 5.82 Å². The zero-order valence-corrected chi connectivity index (χ0v) is 11.1. The van der Waals surface area contributed by atoms with Gasteiger partial charge < -0.3 is 5.32 Å². The Balaban J connectivity index is 1.58. The largest absolute Gasteiger partial charge is 0.369 e. The average Bonchev–Trinajstić information content (AvgIpc) is 3.02. The molecule has 0 fully saturated rings. The molecule has 8 nitrogen and oxygen atoms in total. The Morgan fingerprint density at radius 3 is 3.05 bits per heavy atom. The standard InChI is InChI=1S/C12H15N7O/c1-8-9(7-14-15-8)3-2-6-13-10-4-5-11-16-17-12(20)19(11)18-10/h4-5,7H,2-3,6H2,1H3,(H,13,18)(H,14,15)(H,17,20). The second kappa shape index (κ2) is 5.16. The van der Waals surface area contributed by atoms with Crippen molar-refractivity contribution in [3.63, 3.8) is 0 Å². The van der Waals surface area contributed by atoms with E-state index in [0.29, 0.717) is 11.5 Å². The summed E-state index contributed by atoms with van der Waals surface area (Å²) in [7, 11) is 0. The van der Waals surface area contributed by atoms with Gasteiger partial charge in [-0.15, -0.1) is 5.10 Å². The first kappa shape index (κ1) is 12.4. The van der Waals surface area contributed by atoms with Crippen molar-refractivity contribution >= 4 is 11.5 Å². The van der Waals surface area contributed by atoms with Crippen LogP contribution < -0.4 is 11.0 Å². The number of aryl methyl sites for hydroxylation is 2. The molecule has 3 aromatic heterocycles. The van der Waals surface area contributed by atoms with Crippen LogP contribution in [0.2, 0.25) is 0 Å². The van der Waals surface area contributed by atoms with Gasteiger partial charge in [-0.1, -0.05) is 0 Å². The molecule has 104 valence electrons. The van der Waals surface area contributed by atoms with E-state index in [9.17, 15) is 4.79 Å². The molecule has 0 amide bonds. The van der Waals surface area contributed by atoms with E-state index in [1.807, 2.05) is 13.1 Å². The lowest BCUT2D eigenvalue weighted by molar-refractivity contribution is 0.833. The van der Waals surface area contributed by atoms with Crippen LogP contribution in [0.25, 0.3) is 5.65 Å². The second-order valence-corrected chi connectivity index (χ2v) is 4.57. The highest BCUT2D eigenvalue weighted by atomic mass is 16.2. The van der Waals surface area contributed by atoms with Crippen molar-refractivity contribution in [1.29, 1.82) is 0 Å². The second-order valence-electron chi connectivity index (χ2n) is 4.57. The quantitative estimate of drug-likeness (QED) is 0.587. The van der Waals surface area contributed by atoms with Gasteiger partial charge in [0, 0.05) is 12.2 Å². The number of aromatic nitrogens is 6. The van der Waals surface area contributed by atoms with Crippen LogP contribution in [-0.4, -0.2) is 36.6 Å². The van der Waals surface area contributed by atoms with Gasteiger partial charge >= 0.3 is 5.69 Å². The highest BCUT2D eigenvalue weighted by molar-refractivity contribution is 5.42. The van der Waals surface area contributed by atoms with Crippen LogP contribution in [0.15, 0.2) is 23.1 Å². The van der Waals surface area contributed by atoms with Gasteiger partial charge in [-0.3, -0.25) is 5.10 Å². The molecule has 0 aliphatic rings. The summed E-state index contributed by atoms with van der Waals surface area (Å²) in [6.45, 7) is 2.78. The molecule has 0 atom stereocenters. The normalized spacial score (nSPS) is 11.1. The minimum atomic E-state index is -0.335. The summed E-state index contributed by atoms with van der Waals surface area (Å²) >= 11 is 0. The van der Waals surface area contributed by atoms with Gasteiger partial charge in [0.15, 0.2) is 5.65 Å². The van der Waals surface area contributed by atoms with Gasteiger partial charge in [-0.2, -0.15) is 14.7 Å². The summed E-state index contributed by atoms with van der Waals surface area (Å²) in [5, 5.41) is 20.4. The van der Waals surface area contributed by atoms with Crippen molar-refractivity contribution in [2.45, 2.75) is 19.8 Å². The Kier molecular flexibility index (Phi) is 3.20. The summed E-state index contributed by atoms with van der Waals surface area (Å²) < 4.78 is 1.24. The van der Waals surface area contributed by atoms with Gasteiger partial charge in [0.25, 0.3) is 0 Å². The molecule has 3 rings (SSSR count). The molecule has 0 aliphatic carbocycles. The lowest BCUT2D eigenvalue weighted by Gasteiger charge is -2.04. The molecule has 0 spiro atoms. The molecule has 20 heavy (non-hydrogen) atoms. The summed E-state index contributed by atoms with van der Waals surface area (Å²) in [4.78, 5) is 11.4. The summed E-state index contributed by atoms with van der Waals surface area (Å²) in [5.74, 6) is 0.657. The van der Waals surface area contributed by atoms with E-state index >= 15 is 0 Å². The Morgan fingerprint density at radius 2 is 2.25 bits per heavy atom. The first-order valence-corrected chi connectivity index (χ1v) is 6.41. The van der Waals surface area contributed by atoms with E-state index in [4.69, 9.17) is 0 Å². The van der Waals surface area contributed by atoms with Crippen LogP contribution in [0.1, 0.15) is 17.7 Å². The lowest BCUT2D eigenvalue weighted by atomic mass is 10.1. The Hall–Kier alpha value is -2.64. The number of nitrogens with zero attached hydrogens (tertiary/aromatic N) is 4. The van der Waals surface area contributed by atoms with Gasteiger partial charge in [0.1, 0.15) is 5.82 Å². The predicted molar refractivity (Wildman–Crippen MR) is 73.7 cm³/mol. The maximum atomic E-state index is 11.4. The predicted octanol–water partition coefficient (Wildman–Crippen LogP) is 0.494. The number of anilines is 1. The lowest BCUT2D eigenvalue weighted by Crippen LogP contribution is -2.14. The first-order chi connectivity index (χ1) is 9.74. The van der Waals surface area contributed by atoms with E-state index in [2.05, 4.69) is 30.8 Å². The van der Waals surface area contributed by atoms with Crippen molar-refractivity contribution in [1.82, 2.24) is 30.0 Å². The van der Waals surface area contributed by atoms with Gasteiger partial charge in [0.05, 0.1) is 6.20 Å². The fraction of sp³-hybridized carbons (Fsp3) is 0.333. The topological polar surface area (TPSA) is 104 Å². The molecule has 0 aromatic carbocycles. The molecule has 0 saturated carbocycles. The first-order valence-electron chi connectivity index (χ1n) is 6.41. The molecule has 0 aliphatic heterocycles. The van der Waals surface area contributed by atoms with Gasteiger partial charge in [0.2, 0.25) is 0 Å². The third-order valence-electron chi connectivity index (χ3n) is 3.14. The SMILES string of the molecule is Cc1[nH]ncc1CCCNc1ccc2n[nH]c(=O)n2n1. The number of H-pyrrole nitrogens is 2. The zero-order valence-electron chi connectivity index (χ0n) is 11.1. The van der Waals surface area contributed by atoms with Crippen LogP contribution >= 0.6 is 0 Å². The fourth-order valence-corrected chi connectivity index (χ4v) is 2.02. The zero-order chi connectivity index (χ0) is 13.9. The van der Waals surface area contributed by atoms with Crippen molar-refractivity contribution < 1.29 is 0 Å². The van der Waals surface area contributed by atoms with E-state index in [1.54, 1.807) is 12.1 Å². The summed E-state index contributed by atoms with van der Waals surface area (Å²) in [6, 6.07) is 3.55. The molecule has 3 N–H and O–H groups in total. The monoisotopic (exact) mass is 273 g/mol. The Bertz CT molecular complexity index is 769. The Morgan fingerprint density at radius 1 is 1.35 bits per heavy atom.